The van der Waals surface area contributed by atoms with Gasteiger partial charge >= 0.3 is 6.09 Å². The molecule has 5 heteroatoms. The van der Waals surface area contributed by atoms with Gasteiger partial charge in [0, 0.05) is 5.75 Å². The number of cyclic esters (lactones) is 1. The van der Waals surface area contributed by atoms with E-state index in [0.29, 0.717) is 17.5 Å². The van der Waals surface area contributed by atoms with Crippen LogP contribution in [0.15, 0.2) is 30.3 Å². The molecule has 1 amide bonds. The highest BCUT2D eigenvalue weighted by molar-refractivity contribution is 8.22. The van der Waals surface area contributed by atoms with Gasteiger partial charge in [-0.15, -0.1) is 0 Å². The van der Waals surface area contributed by atoms with Crippen LogP contribution in [0.5, 0.6) is 0 Å². The molecule has 0 spiro atoms. The molecule has 1 heterocycles. The Morgan fingerprint density at radius 3 is 2.81 bits per heavy atom. The molecule has 1 aliphatic heterocycles. The third-order valence-electron chi connectivity index (χ3n) is 2.19. The quantitative estimate of drug-likeness (QED) is 0.758. The number of benzene rings is 1. The number of carbonyl (C=O) groups is 1. The fourth-order valence-electron chi connectivity index (χ4n) is 1.36. The Morgan fingerprint density at radius 1 is 1.44 bits per heavy atom. The fourth-order valence-corrected chi connectivity index (χ4v) is 2.50. The summed E-state index contributed by atoms with van der Waals surface area (Å²) in [5, 5.41) is 0. The average Bonchev–Trinajstić information content (AvgIpc) is 2.74. The summed E-state index contributed by atoms with van der Waals surface area (Å²) in [6.07, 6.45) is -0.328. The lowest BCUT2D eigenvalue weighted by molar-refractivity contribution is 0.169. The highest BCUT2D eigenvalue weighted by Gasteiger charge is 2.25. The lowest BCUT2D eigenvalue weighted by Gasteiger charge is -2.12. The van der Waals surface area contributed by atoms with Crippen molar-refractivity contribution in [2.24, 2.45) is 0 Å². The van der Waals surface area contributed by atoms with Gasteiger partial charge in [0.25, 0.3) is 0 Å². The number of hydrogen-bond acceptors (Lipinski definition) is 4. The second-order valence-corrected chi connectivity index (χ2v) is 4.92. The van der Waals surface area contributed by atoms with Gasteiger partial charge in [0.1, 0.15) is 10.9 Å². The van der Waals surface area contributed by atoms with Crippen molar-refractivity contribution in [3.63, 3.8) is 0 Å². The molecule has 1 saturated heterocycles. The molecule has 0 radical (unpaired) electrons. The molecule has 1 aromatic rings. The van der Waals surface area contributed by atoms with Gasteiger partial charge in [0.2, 0.25) is 0 Å². The summed E-state index contributed by atoms with van der Waals surface area (Å²) >= 11 is 6.67. The molecule has 1 aromatic carbocycles. The summed E-state index contributed by atoms with van der Waals surface area (Å²) < 4.78 is 5.41. The van der Waals surface area contributed by atoms with Crippen LogP contribution in [0.25, 0.3) is 0 Å². The van der Waals surface area contributed by atoms with Crippen LogP contribution in [0.1, 0.15) is 5.56 Å². The standard InChI is InChI=1S/C11H11NO2S2/c13-10-12(6-7-14-10)11(15)16-8-9-4-2-1-3-5-9/h1-5H,6-8H2. The maximum atomic E-state index is 11.2. The van der Waals surface area contributed by atoms with E-state index in [9.17, 15) is 4.79 Å². The molecular formula is C11H11NO2S2. The molecule has 1 fully saturated rings. The lowest BCUT2D eigenvalue weighted by Crippen LogP contribution is -2.27. The van der Waals surface area contributed by atoms with Crippen molar-refractivity contribution in [3.8, 4) is 0 Å². The Hall–Kier alpha value is -1.07. The zero-order chi connectivity index (χ0) is 11.4. The summed E-state index contributed by atoms with van der Waals surface area (Å²) in [4.78, 5) is 12.7. The van der Waals surface area contributed by atoms with Crippen LogP contribution < -0.4 is 0 Å². The number of nitrogens with zero attached hydrogens (tertiary/aromatic N) is 1. The Kier molecular flexibility index (Phi) is 3.79. The largest absolute Gasteiger partial charge is 0.447 e. The van der Waals surface area contributed by atoms with E-state index in [0.717, 1.165) is 5.75 Å². The number of ether oxygens (including phenoxy) is 1. The van der Waals surface area contributed by atoms with Crippen LogP contribution in [-0.2, 0) is 10.5 Å². The van der Waals surface area contributed by atoms with Gasteiger partial charge in [-0.1, -0.05) is 54.3 Å². The van der Waals surface area contributed by atoms with Gasteiger partial charge in [-0.2, -0.15) is 0 Å². The number of amides is 1. The molecule has 84 valence electrons. The SMILES string of the molecule is O=C1OCCN1C(=S)SCc1ccccc1. The number of rotatable bonds is 2. The Bertz CT molecular complexity index is 394. The molecular weight excluding hydrogens is 242 g/mol. The predicted octanol–water partition coefficient (Wildman–Crippen LogP) is 2.66. The van der Waals surface area contributed by atoms with Crippen LogP contribution >= 0.6 is 24.0 Å². The summed E-state index contributed by atoms with van der Waals surface area (Å²) in [5.74, 6) is 0.781. The van der Waals surface area contributed by atoms with Gasteiger partial charge in [-0.3, -0.25) is 4.90 Å². The molecule has 2 rings (SSSR count). The summed E-state index contributed by atoms with van der Waals surface area (Å²) in [5.41, 5.74) is 1.20. The maximum absolute atomic E-state index is 11.2. The van der Waals surface area contributed by atoms with Gasteiger partial charge in [-0.25, -0.2) is 4.79 Å². The van der Waals surface area contributed by atoms with Crippen molar-refractivity contribution in [3.05, 3.63) is 35.9 Å². The van der Waals surface area contributed by atoms with Crippen LogP contribution in [0.3, 0.4) is 0 Å². The van der Waals surface area contributed by atoms with E-state index in [4.69, 9.17) is 17.0 Å². The minimum atomic E-state index is -0.328. The first-order chi connectivity index (χ1) is 7.77. The van der Waals surface area contributed by atoms with Crippen LogP contribution in [-0.4, -0.2) is 28.5 Å². The fraction of sp³-hybridized carbons (Fsp3) is 0.273. The van der Waals surface area contributed by atoms with Gasteiger partial charge in [0.15, 0.2) is 0 Å². The van der Waals surface area contributed by atoms with E-state index < -0.39 is 0 Å². The molecule has 1 aliphatic rings. The monoisotopic (exact) mass is 253 g/mol. The summed E-state index contributed by atoms with van der Waals surface area (Å²) in [6.45, 7) is 1.00. The van der Waals surface area contributed by atoms with Crippen molar-refractivity contribution in [2.45, 2.75) is 5.75 Å². The molecule has 0 aliphatic carbocycles. The first-order valence-corrected chi connectivity index (χ1v) is 6.32. The zero-order valence-corrected chi connectivity index (χ0v) is 10.2. The highest BCUT2D eigenvalue weighted by Crippen LogP contribution is 2.18. The summed E-state index contributed by atoms with van der Waals surface area (Å²) in [7, 11) is 0. The number of thioether (sulfide) groups is 1. The molecule has 0 atom stereocenters. The number of carbonyl (C=O) groups excluding carboxylic acids is 1. The van der Waals surface area contributed by atoms with E-state index >= 15 is 0 Å². The van der Waals surface area contributed by atoms with Crippen molar-refractivity contribution in [2.75, 3.05) is 13.2 Å². The van der Waals surface area contributed by atoms with E-state index in [1.165, 1.54) is 22.2 Å². The van der Waals surface area contributed by atoms with Crippen LogP contribution in [0.4, 0.5) is 4.79 Å². The van der Waals surface area contributed by atoms with Crippen molar-refractivity contribution in [1.29, 1.82) is 0 Å². The summed E-state index contributed by atoms with van der Waals surface area (Å²) in [6, 6.07) is 10.0. The van der Waals surface area contributed by atoms with Crippen molar-refractivity contribution >= 4 is 34.4 Å². The minimum absolute atomic E-state index is 0.328. The topological polar surface area (TPSA) is 29.5 Å². The number of hydrogen-bond donors (Lipinski definition) is 0. The van der Waals surface area contributed by atoms with Gasteiger partial charge < -0.3 is 4.74 Å². The second kappa shape index (κ2) is 5.32. The van der Waals surface area contributed by atoms with Gasteiger partial charge in [0.05, 0.1) is 6.54 Å². The van der Waals surface area contributed by atoms with E-state index in [-0.39, 0.29) is 6.09 Å². The van der Waals surface area contributed by atoms with E-state index in [1.807, 2.05) is 30.3 Å². The Balaban J connectivity index is 1.86. The number of thiocarbonyl (C=S) groups is 1. The predicted molar refractivity (Wildman–Crippen MR) is 68.4 cm³/mol. The molecule has 3 nitrogen and oxygen atoms in total. The van der Waals surface area contributed by atoms with Gasteiger partial charge in [-0.05, 0) is 5.56 Å². The Morgan fingerprint density at radius 2 is 2.19 bits per heavy atom. The third kappa shape index (κ3) is 2.74. The van der Waals surface area contributed by atoms with Crippen molar-refractivity contribution in [1.82, 2.24) is 4.90 Å². The van der Waals surface area contributed by atoms with Crippen molar-refractivity contribution < 1.29 is 9.53 Å². The van der Waals surface area contributed by atoms with Crippen LogP contribution in [0, 0.1) is 0 Å². The molecule has 0 unspecified atom stereocenters. The third-order valence-corrected chi connectivity index (χ3v) is 3.71. The smallest absolute Gasteiger partial charge is 0.415 e. The second-order valence-electron chi connectivity index (χ2n) is 3.31. The zero-order valence-electron chi connectivity index (χ0n) is 8.59. The first kappa shape index (κ1) is 11.4. The highest BCUT2D eigenvalue weighted by atomic mass is 32.2. The Labute approximate surface area is 104 Å². The normalized spacial score (nSPS) is 15.0. The molecule has 0 aromatic heterocycles. The maximum Gasteiger partial charge on any atom is 0.415 e. The molecule has 0 N–H and O–H groups in total. The van der Waals surface area contributed by atoms with E-state index in [1.54, 1.807) is 0 Å². The molecule has 16 heavy (non-hydrogen) atoms. The average molecular weight is 253 g/mol. The van der Waals surface area contributed by atoms with Crippen LogP contribution in [0.2, 0.25) is 0 Å². The van der Waals surface area contributed by atoms with E-state index in [2.05, 4.69) is 0 Å². The lowest BCUT2D eigenvalue weighted by atomic mass is 10.2. The minimum Gasteiger partial charge on any atom is -0.447 e. The molecule has 0 bridgehead atoms. The first-order valence-electron chi connectivity index (χ1n) is 4.92. The molecule has 0 saturated carbocycles.